The standard InChI is InChI=1S/C14H23NO10S/c1-14(26(23)24,12(13(21)22)15-7-6-10(18)19)8-25-11(20)5-3-2-4-9(16)17/h12,15H,2-8H2,1H3,(H,16,17)(H,18,19)(H,21,22)(H,23,24)/t12-,14-/m0/s1. The molecular formula is C14H23NO10S. The van der Waals surface area contributed by atoms with Gasteiger partial charge in [0.05, 0.1) is 6.42 Å². The normalized spacial score (nSPS) is 15.5. The smallest absolute Gasteiger partial charge is 0.322 e. The molecule has 0 aromatic carbocycles. The summed E-state index contributed by atoms with van der Waals surface area (Å²) in [6.07, 6.45) is -0.140. The van der Waals surface area contributed by atoms with Gasteiger partial charge in [-0.2, -0.15) is 0 Å². The summed E-state index contributed by atoms with van der Waals surface area (Å²) in [5, 5.41) is 28.7. The highest BCUT2D eigenvalue weighted by Crippen LogP contribution is 2.20. The first kappa shape index (κ1) is 23.9. The maximum atomic E-state index is 11.7. The number of esters is 1. The number of unbranched alkanes of at least 4 members (excludes halogenated alkanes) is 1. The molecule has 3 atom stereocenters. The van der Waals surface area contributed by atoms with Crippen molar-refractivity contribution in [1.82, 2.24) is 5.32 Å². The van der Waals surface area contributed by atoms with E-state index in [-0.39, 0.29) is 32.2 Å². The van der Waals surface area contributed by atoms with Gasteiger partial charge in [0.2, 0.25) is 0 Å². The van der Waals surface area contributed by atoms with Gasteiger partial charge >= 0.3 is 23.9 Å². The molecule has 0 aromatic heterocycles. The highest BCUT2D eigenvalue weighted by atomic mass is 32.2. The van der Waals surface area contributed by atoms with Crippen LogP contribution in [0.25, 0.3) is 0 Å². The molecule has 0 amide bonds. The Kier molecular flexibility index (Phi) is 10.6. The second-order valence-electron chi connectivity index (χ2n) is 5.69. The maximum Gasteiger partial charge on any atom is 0.322 e. The molecule has 0 bridgehead atoms. The van der Waals surface area contributed by atoms with Crippen LogP contribution >= 0.6 is 0 Å². The Morgan fingerprint density at radius 3 is 2.04 bits per heavy atom. The Balaban J connectivity index is 4.79. The highest BCUT2D eigenvalue weighted by Gasteiger charge is 2.45. The molecule has 12 heteroatoms. The molecule has 0 saturated heterocycles. The molecule has 0 aliphatic carbocycles. The zero-order valence-corrected chi connectivity index (χ0v) is 15.0. The van der Waals surface area contributed by atoms with Crippen LogP contribution in [0.3, 0.4) is 0 Å². The van der Waals surface area contributed by atoms with Crippen molar-refractivity contribution in [2.45, 2.75) is 49.8 Å². The minimum Gasteiger partial charge on any atom is -0.481 e. The lowest BCUT2D eigenvalue weighted by atomic mass is 10.0. The van der Waals surface area contributed by atoms with E-state index in [1.807, 2.05) is 0 Å². The Bertz CT molecular complexity index is 552. The number of aliphatic carboxylic acids is 3. The summed E-state index contributed by atoms with van der Waals surface area (Å²) >= 11 is -2.71. The van der Waals surface area contributed by atoms with Crippen molar-refractivity contribution in [3.63, 3.8) is 0 Å². The predicted octanol–water partition coefficient (Wildman–Crippen LogP) is -0.327. The third-order valence-electron chi connectivity index (χ3n) is 3.49. The molecule has 0 aromatic rings. The van der Waals surface area contributed by atoms with E-state index >= 15 is 0 Å². The number of carbonyl (C=O) groups excluding carboxylic acids is 1. The summed E-state index contributed by atoms with van der Waals surface area (Å²) in [6.45, 7) is 0.167. The lowest BCUT2D eigenvalue weighted by molar-refractivity contribution is -0.148. The lowest BCUT2D eigenvalue weighted by Crippen LogP contribution is -2.58. The summed E-state index contributed by atoms with van der Waals surface area (Å²) in [5.74, 6) is -4.45. The van der Waals surface area contributed by atoms with Crippen molar-refractivity contribution in [2.75, 3.05) is 13.2 Å². The van der Waals surface area contributed by atoms with E-state index in [2.05, 4.69) is 5.32 Å². The van der Waals surface area contributed by atoms with Gasteiger partial charge in [-0.15, -0.1) is 0 Å². The van der Waals surface area contributed by atoms with Crippen LogP contribution in [0.1, 0.15) is 39.0 Å². The second-order valence-corrected chi connectivity index (χ2v) is 7.12. The van der Waals surface area contributed by atoms with E-state index in [4.69, 9.17) is 14.9 Å². The monoisotopic (exact) mass is 397 g/mol. The molecular weight excluding hydrogens is 374 g/mol. The van der Waals surface area contributed by atoms with Gasteiger partial charge < -0.3 is 29.9 Å². The van der Waals surface area contributed by atoms with Gasteiger partial charge in [0.25, 0.3) is 0 Å². The highest BCUT2D eigenvalue weighted by molar-refractivity contribution is 7.80. The van der Waals surface area contributed by atoms with Crippen LogP contribution in [0.15, 0.2) is 0 Å². The topological polar surface area (TPSA) is 188 Å². The molecule has 0 spiro atoms. The number of hydrogen-bond acceptors (Lipinski definition) is 7. The molecule has 5 N–H and O–H groups in total. The van der Waals surface area contributed by atoms with Gasteiger partial charge in [-0.25, -0.2) is 4.21 Å². The molecule has 26 heavy (non-hydrogen) atoms. The van der Waals surface area contributed by atoms with E-state index in [1.54, 1.807) is 0 Å². The number of carboxylic acids is 3. The summed E-state index contributed by atoms with van der Waals surface area (Å²) in [7, 11) is 0. The third kappa shape index (κ3) is 8.87. The van der Waals surface area contributed by atoms with Crippen molar-refractivity contribution in [3.8, 4) is 0 Å². The summed E-state index contributed by atoms with van der Waals surface area (Å²) in [6, 6.07) is -1.63. The first-order valence-corrected chi connectivity index (χ1v) is 8.77. The molecule has 11 nitrogen and oxygen atoms in total. The fourth-order valence-electron chi connectivity index (χ4n) is 1.96. The maximum absolute atomic E-state index is 11.7. The Hall–Kier alpha value is -2.05. The zero-order valence-electron chi connectivity index (χ0n) is 14.2. The van der Waals surface area contributed by atoms with Crippen LogP contribution in [-0.4, -0.2) is 71.9 Å². The predicted molar refractivity (Wildman–Crippen MR) is 87.9 cm³/mol. The minimum atomic E-state index is -2.71. The van der Waals surface area contributed by atoms with Crippen molar-refractivity contribution < 1.29 is 48.0 Å². The van der Waals surface area contributed by atoms with Gasteiger partial charge in [-0.3, -0.25) is 19.2 Å². The molecule has 0 saturated carbocycles. The summed E-state index contributed by atoms with van der Waals surface area (Å²) < 4.78 is 24.1. The van der Waals surface area contributed by atoms with E-state index in [1.165, 1.54) is 0 Å². The number of nitrogens with one attached hydrogen (secondary N) is 1. The van der Waals surface area contributed by atoms with Crippen molar-refractivity contribution >= 4 is 35.0 Å². The fraction of sp³-hybridized carbons (Fsp3) is 0.714. The van der Waals surface area contributed by atoms with E-state index in [0.717, 1.165) is 6.92 Å². The molecule has 0 heterocycles. The minimum absolute atomic E-state index is 0.111. The van der Waals surface area contributed by atoms with Crippen molar-refractivity contribution in [3.05, 3.63) is 0 Å². The Morgan fingerprint density at radius 1 is 1.04 bits per heavy atom. The molecule has 0 fully saturated rings. The van der Waals surface area contributed by atoms with Crippen LogP contribution in [0.4, 0.5) is 0 Å². The van der Waals surface area contributed by atoms with Crippen molar-refractivity contribution in [1.29, 1.82) is 0 Å². The number of ether oxygens (including phenoxy) is 1. The van der Waals surface area contributed by atoms with Crippen LogP contribution in [0.2, 0.25) is 0 Å². The number of carboxylic acid groups (broad SMARTS) is 3. The molecule has 0 radical (unpaired) electrons. The molecule has 0 aliphatic heterocycles. The first-order chi connectivity index (χ1) is 12.0. The van der Waals surface area contributed by atoms with Gasteiger partial charge in [-0.1, -0.05) is 0 Å². The zero-order chi connectivity index (χ0) is 20.3. The molecule has 0 aliphatic rings. The SMILES string of the molecule is C[C@](COC(=O)CCCCC(=O)O)([C@@H](NCCC(=O)O)C(=O)O)S(=O)O. The van der Waals surface area contributed by atoms with Gasteiger partial charge in [-0.05, 0) is 19.8 Å². The molecule has 150 valence electrons. The summed E-state index contributed by atoms with van der Waals surface area (Å²) in [5.41, 5.74) is 0. The largest absolute Gasteiger partial charge is 0.481 e. The molecule has 0 rings (SSSR count). The molecule has 1 unspecified atom stereocenters. The number of carbonyl (C=O) groups is 4. The lowest BCUT2D eigenvalue weighted by Gasteiger charge is -2.31. The Morgan fingerprint density at radius 2 is 1.58 bits per heavy atom. The number of rotatable bonds is 14. The van der Waals surface area contributed by atoms with E-state index in [0.29, 0.717) is 0 Å². The fourth-order valence-corrected chi connectivity index (χ4v) is 2.51. The van der Waals surface area contributed by atoms with Crippen LogP contribution in [0.5, 0.6) is 0 Å². The quantitative estimate of drug-likeness (QED) is 0.147. The second kappa shape index (κ2) is 11.5. The first-order valence-electron chi connectivity index (χ1n) is 7.67. The van der Waals surface area contributed by atoms with Crippen molar-refractivity contribution in [2.24, 2.45) is 0 Å². The third-order valence-corrected chi connectivity index (χ3v) is 4.64. The van der Waals surface area contributed by atoms with Gasteiger partial charge in [0.15, 0.2) is 11.1 Å². The van der Waals surface area contributed by atoms with Crippen LogP contribution in [0, 0.1) is 0 Å². The number of hydrogen-bond donors (Lipinski definition) is 5. The van der Waals surface area contributed by atoms with Gasteiger partial charge in [0.1, 0.15) is 17.4 Å². The summed E-state index contributed by atoms with van der Waals surface area (Å²) in [4.78, 5) is 43.9. The Labute approximate surface area is 152 Å². The average Bonchev–Trinajstić information content (AvgIpc) is 2.52. The van der Waals surface area contributed by atoms with Crippen LogP contribution in [-0.2, 0) is 35.0 Å². The van der Waals surface area contributed by atoms with E-state index in [9.17, 15) is 33.0 Å². The van der Waals surface area contributed by atoms with E-state index < -0.39 is 58.8 Å². The van der Waals surface area contributed by atoms with Crippen LogP contribution < -0.4 is 5.32 Å². The van der Waals surface area contributed by atoms with Gasteiger partial charge in [0, 0.05) is 19.4 Å². The average molecular weight is 397 g/mol.